The molecule has 1 heterocycles. The Hall–Kier alpha value is -2.14. The maximum Gasteiger partial charge on any atom is 0.320 e. The second-order valence-electron chi connectivity index (χ2n) is 4.25. The van der Waals surface area contributed by atoms with Crippen molar-refractivity contribution in [2.24, 2.45) is 5.73 Å². The van der Waals surface area contributed by atoms with Gasteiger partial charge in [-0.25, -0.2) is 4.98 Å². The number of hydrogen-bond donors (Lipinski definition) is 3. The van der Waals surface area contributed by atoms with Gasteiger partial charge in [0.05, 0.1) is 0 Å². The van der Waals surface area contributed by atoms with Crippen LogP contribution in [0.5, 0.6) is 5.75 Å². The van der Waals surface area contributed by atoms with Crippen LogP contribution in [0.15, 0.2) is 24.3 Å². The van der Waals surface area contributed by atoms with Crippen LogP contribution < -0.4 is 5.73 Å². The second kappa shape index (κ2) is 4.62. The summed E-state index contributed by atoms with van der Waals surface area (Å²) < 4.78 is 0. The predicted octanol–water partition coefficient (Wildman–Crippen LogP) is 1.20. The molecule has 0 saturated carbocycles. The molecule has 0 aliphatic heterocycles. The molecule has 94 valence electrons. The molecule has 0 spiro atoms. The number of nitrogens with zero attached hydrogens (tertiary/aromatic N) is 1. The van der Waals surface area contributed by atoms with E-state index in [1.165, 1.54) is 0 Å². The van der Waals surface area contributed by atoms with E-state index in [0.29, 0.717) is 11.2 Å². The summed E-state index contributed by atoms with van der Waals surface area (Å²) >= 11 is 0. The molecule has 0 aliphatic rings. The van der Waals surface area contributed by atoms with Crippen molar-refractivity contribution in [3.63, 3.8) is 0 Å². The summed E-state index contributed by atoms with van der Waals surface area (Å²) in [4.78, 5) is 15.0. The van der Waals surface area contributed by atoms with E-state index in [0.717, 1.165) is 10.9 Å². The van der Waals surface area contributed by atoms with Crippen molar-refractivity contribution in [2.75, 3.05) is 0 Å². The third-order valence-electron chi connectivity index (χ3n) is 2.86. The molecule has 0 amide bonds. The molecular formula is C13H14N2O3. The summed E-state index contributed by atoms with van der Waals surface area (Å²) in [6.07, 6.45) is 0.138. The minimum atomic E-state index is -1.06. The van der Waals surface area contributed by atoms with Crippen LogP contribution in [0.2, 0.25) is 0 Å². The van der Waals surface area contributed by atoms with Gasteiger partial charge < -0.3 is 15.9 Å². The van der Waals surface area contributed by atoms with Gasteiger partial charge in [-0.05, 0) is 24.6 Å². The Kier molecular flexibility index (Phi) is 3.16. The molecule has 1 aromatic heterocycles. The van der Waals surface area contributed by atoms with Crippen molar-refractivity contribution in [2.45, 2.75) is 19.4 Å². The highest BCUT2D eigenvalue weighted by Gasteiger charge is 2.14. The Balaban J connectivity index is 2.44. The van der Waals surface area contributed by atoms with Crippen LogP contribution in [0.1, 0.15) is 11.3 Å². The monoisotopic (exact) mass is 246 g/mol. The Morgan fingerprint density at radius 3 is 2.78 bits per heavy atom. The largest absolute Gasteiger partial charge is 0.506 e. The number of aromatic hydroxyl groups is 1. The van der Waals surface area contributed by atoms with Crippen molar-refractivity contribution in [3.05, 3.63) is 35.5 Å². The number of hydrogen-bond acceptors (Lipinski definition) is 4. The lowest BCUT2D eigenvalue weighted by atomic mass is 10.1. The Morgan fingerprint density at radius 1 is 1.39 bits per heavy atom. The van der Waals surface area contributed by atoms with E-state index in [1.54, 1.807) is 12.1 Å². The van der Waals surface area contributed by atoms with Crippen LogP contribution in [0.3, 0.4) is 0 Å². The number of carboxylic acid groups (broad SMARTS) is 1. The number of nitrogens with two attached hydrogens (primary N) is 1. The van der Waals surface area contributed by atoms with Crippen LogP contribution >= 0.6 is 0 Å². The van der Waals surface area contributed by atoms with Gasteiger partial charge in [0.1, 0.15) is 17.3 Å². The summed E-state index contributed by atoms with van der Waals surface area (Å²) in [6.45, 7) is 1.92. The summed E-state index contributed by atoms with van der Waals surface area (Å²) in [5.41, 5.74) is 7.49. The van der Waals surface area contributed by atoms with Gasteiger partial charge in [0.15, 0.2) is 0 Å². The van der Waals surface area contributed by atoms with Crippen LogP contribution in [0.25, 0.3) is 10.9 Å². The standard InChI is InChI=1S/C13H14N2O3/c1-7-2-5-11(16)12-9(7)4-3-8(15-12)6-10(14)13(17)18/h2-5,10,16H,6,14H2,1H3,(H,17,18)/t10-/m0/s1. The zero-order valence-electron chi connectivity index (χ0n) is 9.92. The highest BCUT2D eigenvalue weighted by Crippen LogP contribution is 2.25. The topological polar surface area (TPSA) is 96.4 Å². The zero-order valence-corrected chi connectivity index (χ0v) is 9.92. The molecule has 0 saturated heterocycles. The van der Waals surface area contributed by atoms with Gasteiger partial charge in [0.2, 0.25) is 0 Å². The van der Waals surface area contributed by atoms with Gasteiger partial charge in [-0.15, -0.1) is 0 Å². The van der Waals surface area contributed by atoms with E-state index in [4.69, 9.17) is 10.8 Å². The molecule has 5 heteroatoms. The summed E-state index contributed by atoms with van der Waals surface area (Å²) in [5, 5.41) is 19.4. The summed E-state index contributed by atoms with van der Waals surface area (Å²) in [5.74, 6) is -0.980. The Bertz CT molecular complexity index is 610. The second-order valence-corrected chi connectivity index (χ2v) is 4.25. The Morgan fingerprint density at radius 2 is 2.11 bits per heavy atom. The molecule has 5 nitrogen and oxygen atoms in total. The first-order valence-electron chi connectivity index (χ1n) is 5.55. The van der Waals surface area contributed by atoms with E-state index < -0.39 is 12.0 Å². The fraction of sp³-hybridized carbons (Fsp3) is 0.231. The number of carboxylic acids is 1. The van der Waals surface area contributed by atoms with Crippen LogP contribution in [0.4, 0.5) is 0 Å². The van der Waals surface area contributed by atoms with Gasteiger partial charge in [-0.3, -0.25) is 4.79 Å². The SMILES string of the molecule is Cc1ccc(O)c2nc(C[C@H](N)C(=O)O)ccc12. The number of aliphatic carboxylic acids is 1. The van der Waals surface area contributed by atoms with Crippen LogP contribution in [-0.2, 0) is 11.2 Å². The first-order chi connectivity index (χ1) is 8.49. The fourth-order valence-electron chi connectivity index (χ4n) is 1.81. The van der Waals surface area contributed by atoms with Gasteiger partial charge >= 0.3 is 5.97 Å². The molecule has 0 radical (unpaired) electrons. The molecule has 1 atom stereocenters. The van der Waals surface area contributed by atoms with Crippen molar-refractivity contribution in [3.8, 4) is 5.75 Å². The van der Waals surface area contributed by atoms with Crippen LogP contribution in [-0.4, -0.2) is 27.2 Å². The molecule has 2 rings (SSSR count). The molecule has 18 heavy (non-hydrogen) atoms. The zero-order chi connectivity index (χ0) is 13.3. The van der Waals surface area contributed by atoms with E-state index in [1.807, 2.05) is 19.1 Å². The quantitative estimate of drug-likeness (QED) is 0.756. The van der Waals surface area contributed by atoms with Gasteiger partial charge in [0, 0.05) is 17.5 Å². The average Bonchev–Trinajstić information content (AvgIpc) is 2.34. The highest BCUT2D eigenvalue weighted by atomic mass is 16.4. The van der Waals surface area contributed by atoms with Gasteiger partial charge in [-0.1, -0.05) is 12.1 Å². The van der Waals surface area contributed by atoms with Crippen molar-refractivity contribution >= 4 is 16.9 Å². The van der Waals surface area contributed by atoms with Crippen molar-refractivity contribution in [1.29, 1.82) is 0 Å². The molecule has 2 aromatic rings. The van der Waals surface area contributed by atoms with Gasteiger partial charge in [0.25, 0.3) is 0 Å². The number of rotatable bonds is 3. The first kappa shape index (κ1) is 12.3. The first-order valence-corrected chi connectivity index (χ1v) is 5.55. The normalized spacial score (nSPS) is 12.6. The van der Waals surface area contributed by atoms with Crippen LogP contribution in [0, 0.1) is 6.92 Å². The molecule has 4 N–H and O–H groups in total. The lowest BCUT2D eigenvalue weighted by Crippen LogP contribution is -2.32. The Labute approximate surface area is 104 Å². The maximum atomic E-state index is 10.7. The summed E-state index contributed by atoms with van der Waals surface area (Å²) in [6, 6.07) is 5.95. The molecule has 1 aromatic carbocycles. The number of phenolic OH excluding ortho intramolecular Hbond substituents is 1. The minimum Gasteiger partial charge on any atom is -0.506 e. The average molecular weight is 246 g/mol. The van der Waals surface area contributed by atoms with Crippen molar-refractivity contribution < 1.29 is 15.0 Å². The summed E-state index contributed by atoms with van der Waals surface area (Å²) in [7, 11) is 0. The predicted molar refractivity (Wildman–Crippen MR) is 67.5 cm³/mol. The molecule has 0 aliphatic carbocycles. The number of fused-ring (bicyclic) bond motifs is 1. The molecule has 0 bridgehead atoms. The number of aryl methyl sites for hydroxylation is 1. The highest BCUT2D eigenvalue weighted by molar-refractivity contribution is 5.87. The number of carbonyl (C=O) groups is 1. The van der Waals surface area contributed by atoms with E-state index in [9.17, 15) is 9.90 Å². The van der Waals surface area contributed by atoms with Crippen molar-refractivity contribution in [1.82, 2.24) is 4.98 Å². The smallest absolute Gasteiger partial charge is 0.320 e. The maximum absolute atomic E-state index is 10.7. The number of pyridine rings is 1. The number of aromatic nitrogens is 1. The lowest BCUT2D eigenvalue weighted by molar-refractivity contribution is -0.138. The number of benzene rings is 1. The third-order valence-corrected chi connectivity index (χ3v) is 2.86. The van der Waals surface area contributed by atoms with E-state index >= 15 is 0 Å². The fourth-order valence-corrected chi connectivity index (χ4v) is 1.81. The lowest BCUT2D eigenvalue weighted by Gasteiger charge is -2.08. The number of phenols is 1. The van der Waals surface area contributed by atoms with E-state index in [2.05, 4.69) is 4.98 Å². The molecule has 0 fully saturated rings. The minimum absolute atomic E-state index is 0.0846. The third kappa shape index (κ3) is 2.26. The van der Waals surface area contributed by atoms with E-state index in [-0.39, 0.29) is 12.2 Å². The molecular weight excluding hydrogens is 232 g/mol. The molecule has 0 unspecified atom stereocenters. The van der Waals surface area contributed by atoms with Gasteiger partial charge in [-0.2, -0.15) is 0 Å².